The Labute approximate surface area is 146 Å². The van der Waals surface area contributed by atoms with Crippen LogP contribution in [0, 0.1) is 0 Å². The normalized spacial score (nSPS) is 10.7. The fraction of sp³-hybridized carbons (Fsp3) is 0.167. The van der Waals surface area contributed by atoms with Crippen LogP contribution in [0.15, 0.2) is 54.7 Å². The van der Waals surface area contributed by atoms with Crippen molar-refractivity contribution in [3.8, 4) is 0 Å². The average molecular weight is 340 g/mol. The second kappa shape index (κ2) is 7.27. The van der Waals surface area contributed by atoms with Gasteiger partial charge in [-0.25, -0.2) is 0 Å². The molecule has 0 aliphatic carbocycles. The van der Waals surface area contributed by atoms with E-state index in [0.29, 0.717) is 22.7 Å². The van der Waals surface area contributed by atoms with Crippen molar-refractivity contribution in [2.45, 2.75) is 19.8 Å². The zero-order chi connectivity index (χ0) is 16.9. The van der Waals surface area contributed by atoms with Gasteiger partial charge in [-0.05, 0) is 35.7 Å². The number of hydrogen-bond acceptors (Lipinski definition) is 5. The molecule has 0 atom stereocenters. The molecule has 122 valence electrons. The molecule has 1 aromatic heterocycles. The number of benzene rings is 2. The van der Waals surface area contributed by atoms with Crippen LogP contribution in [0.2, 0.25) is 5.02 Å². The van der Waals surface area contributed by atoms with E-state index in [9.17, 15) is 0 Å². The van der Waals surface area contributed by atoms with Gasteiger partial charge in [0.15, 0.2) is 5.82 Å². The number of rotatable bonds is 5. The van der Waals surface area contributed by atoms with Gasteiger partial charge in [0.25, 0.3) is 0 Å². The van der Waals surface area contributed by atoms with E-state index >= 15 is 0 Å². The first kappa shape index (κ1) is 16.2. The van der Waals surface area contributed by atoms with Crippen LogP contribution in [0.3, 0.4) is 0 Å². The van der Waals surface area contributed by atoms with E-state index < -0.39 is 0 Å². The maximum Gasteiger partial charge on any atom is 0.249 e. The molecule has 0 unspecified atom stereocenters. The van der Waals surface area contributed by atoms with Crippen LogP contribution in [0.1, 0.15) is 25.3 Å². The maximum atomic E-state index is 5.99. The smallest absolute Gasteiger partial charge is 0.249 e. The van der Waals surface area contributed by atoms with Crippen molar-refractivity contribution in [2.24, 2.45) is 0 Å². The van der Waals surface area contributed by atoms with Crippen molar-refractivity contribution >= 4 is 34.7 Å². The molecular formula is C18H18ClN5. The molecule has 0 fully saturated rings. The molecular weight excluding hydrogens is 322 g/mol. The predicted molar refractivity (Wildman–Crippen MR) is 98.4 cm³/mol. The number of aromatic nitrogens is 3. The molecule has 1 heterocycles. The lowest BCUT2D eigenvalue weighted by Crippen LogP contribution is -2.04. The fourth-order valence-corrected chi connectivity index (χ4v) is 2.55. The molecule has 3 aromatic rings. The summed E-state index contributed by atoms with van der Waals surface area (Å²) in [5, 5.41) is 15.1. The summed E-state index contributed by atoms with van der Waals surface area (Å²) in [7, 11) is 0. The molecule has 2 aromatic carbocycles. The highest BCUT2D eigenvalue weighted by Gasteiger charge is 2.08. The lowest BCUT2D eigenvalue weighted by Gasteiger charge is -2.14. The van der Waals surface area contributed by atoms with Crippen LogP contribution in [-0.4, -0.2) is 15.2 Å². The van der Waals surface area contributed by atoms with E-state index in [2.05, 4.69) is 45.7 Å². The molecule has 0 aliphatic rings. The fourth-order valence-electron chi connectivity index (χ4n) is 2.36. The lowest BCUT2D eigenvalue weighted by atomic mass is 10.0. The summed E-state index contributed by atoms with van der Waals surface area (Å²) in [6, 6.07) is 15.5. The van der Waals surface area contributed by atoms with Crippen molar-refractivity contribution in [2.75, 3.05) is 10.6 Å². The topological polar surface area (TPSA) is 62.7 Å². The Kier molecular flexibility index (Phi) is 4.91. The minimum atomic E-state index is 0.407. The van der Waals surface area contributed by atoms with Crippen molar-refractivity contribution in [1.29, 1.82) is 0 Å². The summed E-state index contributed by atoms with van der Waals surface area (Å²) in [6.07, 6.45) is 1.60. The first-order chi connectivity index (χ1) is 11.6. The van der Waals surface area contributed by atoms with Gasteiger partial charge < -0.3 is 10.6 Å². The Morgan fingerprint density at radius 1 is 1.00 bits per heavy atom. The second-order valence-corrected chi connectivity index (χ2v) is 6.10. The van der Waals surface area contributed by atoms with Gasteiger partial charge in [-0.15, -0.1) is 5.10 Å². The summed E-state index contributed by atoms with van der Waals surface area (Å²) in [6.45, 7) is 4.32. The number of anilines is 4. The summed E-state index contributed by atoms with van der Waals surface area (Å²) in [5.41, 5.74) is 3.05. The van der Waals surface area contributed by atoms with Crippen LogP contribution < -0.4 is 10.6 Å². The van der Waals surface area contributed by atoms with Crippen molar-refractivity contribution < 1.29 is 0 Å². The molecule has 0 saturated heterocycles. The van der Waals surface area contributed by atoms with Crippen LogP contribution >= 0.6 is 11.6 Å². The quantitative estimate of drug-likeness (QED) is 0.674. The molecule has 0 bridgehead atoms. The van der Waals surface area contributed by atoms with Gasteiger partial charge in [0.2, 0.25) is 5.95 Å². The van der Waals surface area contributed by atoms with Crippen molar-refractivity contribution in [1.82, 2.24) is 15.2 Å². The minimum Gasteiger partial charge on any atom is -0.339 e. The zero-order valence-corrected chi connectivity index (χ0v) is 14.2. The summed E-state index contributed by atoms with van der Waals surface area (Å²) < 4.78 is 0. The van der Waals surface area contributed by atoms with Crippen molar-refractivity contribution in [3.63, 3.8) is 0 Å². The van der Waals surface area contributed by atoms with Gasteiger partial charge in [0.05, 0.1) is 6.20 Å². The first-order valence-corrected chi connectivity index (χ1v) is 8.08. The predicted octanol–water partition coefficient (Wildman–Crippen LogP) is 5.14. The third kappa shape index (κ3) is 4.00. The molecule has 6 heteroatoms. The number of nitrogens with zero attached hydrogens (tertiary/aromatic N) is 3. The molecule has 0 aliphatic heterocycles. The standard InChI is InChI=1S/C18H18ClN5/c1-12(2)15-8-3-4-9-16(15)22-17-11-20-24-18(23-17)21-14-7-5-6-13(19)10-14/h3-12H,1-2H3,(H2,21,22,23,24). The maximum absolute atomic E-state index is 5.99. The second-order valence-electron chi connectivity index (χ2n) is 5.67. The highest BCUT2D eigenvalue weighted by Crippen LogP contribution is 2.26. The highest BCUT2D eigenvalue weighted by atomic mass is 35.5. The van der Waals surface area contributed by atoms with Gasteiger partial charge in [-0.1, -0.05) is 49.7 Å². The SMILES string of the molecule is CC(C)c1ccccc1Nc1cnnc(Nc2cccc(Cl)c2)n1. The Bertz CT molecular complexity index is 835. The minimum absolute atomic E-state index is 0.407. The van der Waals surface area contributed by atoms with Gasteiger partial charge in [0, 0.05) is 16.4 Å². The van der Waals surface area contributed by atoms with Crippen molar-refractivity contribution in [3.05, 3.63) is 65.3 Å². The largest absolute Gasteiger partial charge is 0.339 e. The zero-order valence-electron chi connectivity index (χ0n) is 13.5. The van der Waals surface area contributed by atoms with E-state index in [1.54, 1.807) is 12.3 Å². The summed E-state index contributed by atoms with van der Waals surface area (Å²) in [4.78, 5) is 4.45. The Hall–Kier alpha value is -2.66. The molecule has 24 heavy (non-hydrogen) atoms. The number of para-hydroxylation sites is 1. The van der Waals surface area contributed by atoms with Gasteiger partial charge in [0.1, 0.15) is 0 Å². The summed E-state index contributed by atoms with van der Waals surface area (Å²) >= 11 is 5.99. The van der Waals surface area contributed by atoms with E-state index in [1.807, 2.05) is 36.4 Å². The van der Waals surface area contributed by atoms with Crippen LogP contribution in [0.4, 0.5) is 23.1 Å². The average Bonchev–Trinajstić information content (AvgIpc) is 2.55. The van der Waals surface area contributed by atoms with Crippen LogP contribution in [0.25, 0.3) is 0 Å². The third-order valence-corrected chi connectivity index (χ3v) is 3.72. The Morgan fingerprint density at radius 2 is 1.83 bits per heavy atom. The monoisotopic (exact) mass is 339 g/mol. The van der Waals surface area contributed by atoms with Gasteiger partial charge in [-0.2, -0.15) is 10.1 Å². The molecule has 0 radical (unpaired) electrons. The van der Waals surface area contributed by atoms with Crippen LogP contribution in [-0.2, 0) is 0 Å². The first-order valence-electron chi connectivity index (χ1n) is 7.70. The van der Waals surface area contributed by atoms with Gasteiger partial charge >= 0.3 is 0 Å². The van der Waals surface area contributed by atoms with E-state index in [1.165, 1.54) is 5.56 Å². The number of hydrogen-bond donors (Lipinski definition) is 2. The Morgan fingerprint density at radius 3 is 2.62 bits per heavy atom. The van der Waals surface area contributed by atoms with E-state index in [-0.39, 0.29) is 0 Å². The molecule has 3 rings (SSSR count). The number of halogens is 1. The summed E-state index contributed by atoms with van der Waals surface area (Å²) in [5.74, 6) is 1.44. The Balaban J connectivity index is 1.81. The molecule has 0 amide bonds. The van der Waals surface area contributed by atoms with E-state index in [0.717, 1.165) is 11.4 Å². The lowest BCUT2D eigenvalue weighted by molar-refractivity contribution is 0.868. The molecule has 2 N–H and O–H groups in total. The molecule has 0 saturated carbocycles. The number of nitrogens with one attached hydrogen (secondary N) is 2. The molecule has 5 nitrogen and oxygen atoms in total. The van der Waals surface area contributed by atoms with Gasteiger partial charge in [-0.3, -0.25) is 0 Å². The van der Waals surface area contributed by atoms with Crippen LogP contribution in [0.5, 0.6) is 0 Å². The highest BCUT2D eigenvalue weighted by molar-refractivity contribution is 6.30. The molecule has 0 spiro atoms. The van der Waals surface area contributed by atoms with E-state index in [4.69, 9.17) is 11.6 Å². The third-order valence-electron chi connectivity index (χ3n) is 3.49.